The zero-order valence-corrected chi connectivity index (χ0v) is 15.6. The lowest BCUT2D eigenvalue weighted by Gasteiger charge is -2.14. The average Bonchev–Trinajstić information content (AvgIpc) is 3.12. The first-order valence-corrected chi connectivity index (χ1v) is 8.70. The molecule has 10 heteroatoms. The monoisotopic (exact) mass is 425 g/mol. The van der Waals surface area contributed by atoms with E-state index in [9.17, 15) is 26.7 Å². The summed E-state index contributed by atoms with van der Waals surface area (Å²) < 4.78 is 70.7. The largest absolute Gasteiger partial charge is 0.435 e. The fourth-order valence-electron chi connectivity index (χ4n) is 2.88. The lowest BCUT2D eigenvalue weighted by atomic mass is 10.1. The Bertz CT molecular complexity index is 1050. The van der Waals surface area contributed by atoms with Crippen LogP contribution in [-0.4, -0.2) is 22.3 Å². The van der Waals surface area contributed by atoms with Gasteiger partial charge in [0.05, 0.1) is 17.4 Å². The maximum absolute atomic E-state index is 13.7. The Morgan fingerprint density at radius 3 is 2.57 bits per heavy atom. The van der Waals surface area contributed by atoms with Crippen molar-refractivity contribution in [1.29, 1.82) is 0 Å². The molecule has 0 bridgehead atoms. The first kappa shape index (κ1) is 21.3. The molecule has 3 rings (SSSR count). The summed E-state index contributed by atoms with van der Waals surface area (Å²) in [5.41, 5.74) is -0.731. The molecule has 5 nitrogen and oxygen atoms in total. The number of para-hydroxylation sites is 1. The van der Waals surface area contributed by atoms with Crippen LogP contribution in [0.25, 0.3) is 5.69 Å². The smallest absolute Gasteiger partial charge is 0.434 e. The van der Waals surface area contributed by atoms with Gasteiger partial charge in [-0.3, -0.25) is 4.79 Å². The number of hydrogen-bond acceptors (Lipinski definition) is 3. The van der Waals surface area contributed by atoms with Crippen molar-refractivity contribution in [2.45, 2.75) is 26.3 Å². The van der Waals surface area contributed by atoms with Crippen molar-refractivity contribution in [3.8, 4) is 11.4 Å². The van der Waals surface area contributed by atoms with E-state index in [-0.39, 0.29) is 18.0 Å². The zero-order chi connectivity index (χ0) is 21.9. The van der Waals surface area contributed by atoms with Gasteiger partial charge in [-0.1, -0.05) is 30.3 Å². The van der Waals surface area contributed by atoms with Gasteiger partial charge in [0, 0.05) is 6.54 Å². The van der Waals surface area contributed by atoms with Gasteiger partial charge in [-0.05, 0) is 36.2 Å². The number of benzene rings is 2. The number of alkyl halides is 5. The molecule has 0 unspecified atom stereocenters. The first-order chi connectivity index (χ1) is 14.2. The summed E-state index contributed by atoms with van der Waals surface area (Å²) in [4.78, 5) is 12.5. The van der Waals surface area contributed by atoms with Crippen LogP contribution in [0.4, 0.5) is 22.0 Å². The van der Waals surface area contributed by atoms with Gasteiger partial charge >= 0.3 is 12.8 Å². The van der Waals surface area contributed by atoms with E-state index in [4.69, 9.17) is 0 Å². The number of nitrogens with one attached hydrogen (secondary N) is 1. The number of aromatic nitrogens is 2. The number of hydrogen-bond donors (Lipinski definition) is 1. The highest BCUT2D eigenvalue weighted by atomic mass is 19.4. The minimum absolute atomic E-state index is 0.125. The van der Waals surface area contributed by atoms with Crippen LogP contribution in [0.3, 0.4) is 0 Å². The standard InChI is InChI=1S/C20H16F5N3O2/c1-12-5-2-3-8-16(12)28-17(20(23,24)25)15(11-27-28)18(29)26-10-13-6-4-7-14(9-13)30-19(21)22/h2-9,11,19H,10H2,1H3,(H,26,29). The molecule has 1 aromatic heterocycles. The third kappa shape index (κ3) is 4.76. The van der Waals surface area contributed by atoms with E-state index in [1.807, 2.05) is 0 Å². The van der Waals surface area contributed by atoms with E-state index in [0.29, 0.717) is 15.8 Å². The third-order valence-corrected chi connectivity index (χ3v) is 4.20. The number of carbonyl (C=O) groups is 1. The van der Waals surface area contributed by atoms with E-state index in [0.717, 1.165) is 6.20 Å². The van der Waals surface area contributed by atoms with Gasteiger partial charge in [0.15, 0.2) is 5.69 Å². The molecule has 0 atom stereocenters. The number of nitrogens with zero attached hydrogens (tertiary/aromatic N) is 2. The Kier molecular flexibility index (Phi) is 6.04. The van der Waals surface area contributed by atoms with Crippen molar-refractivity contribution in [2.75, 3.05) is 0 Å². The topological polar surface area (TPSA) is 56.2 Å². The van der Waals surface area contributed by atoms with Crippen LogP contribution < -0.4 is 10.1 Å². The number of carbonyl (C=O) groups excluding carboxylic acids is 1. The molecule has 1 amide bonds. The Morgan fingerprint density at radius 2 is 1.90 bits per heavy atom. The van der Waals surface area contributed by atoms with Crippen LogP contribution in [0, 0.1) is 6.92 Å². The van der Waals surface area contributed by atoms with Gasteiger partial charge in [0.2, 0.25) is 0 Å². The van der Waals surface area contributed by atoms with Crippen molar-refractivity contribution in [2.24, 2.45) is 0 Å². The van der Waals surface area contributed by atoms with E-state index in [1.165, 1.54) is 30.3 Å². The Morgan fingerprint density at radius 1 is 1.17 bits per heavy atom. The molecule has 0 spiro atoms. The summed E-state index contributed by atoms with van der Waals surface area (Å²) in [5, 5.41) is 6.12. The maximum atomic E-state index is 13.7. The maximum Gasteiger partial charge on any atom is 0.434 e. The molecular weight excluding hydrogens is 409 g/mol. The summed E-state index contributed by atoms with van der Waals surface area (Å²) >= 11 is 0. The lowest BCUT2D eigenvalue weighted by Crippen LogP contribution is -2.26. The molecule has 2 aromatic carbocycles. The molecule has 0 saturated carbocycles. The molecule has 0 aliphatic rings. The van der Waals surface area contributed by atoms with Gasteiger partial charge in [-0.2, -0.15) is 27.1 Å². The minimum atomic E-state index is -4.84. The molecule has 30 heavy (non-hydrogen) atoms. The second-order valence-corrected chi connectivity index (χ2v) is 6.31. The SMILES string of the molecule is Cc1ccccc1-n1ncc(C(=O)NCc2cccc(OC(F)F)c2)c1C(F)(F)F. The molecule has 1 N–H and O–H groups in total. The first-order valence-electron chi connectivity index (χ1n) is 8.70. The number of halogens is 5. The van der Waals surface area contributed by atoms with Crippen molar-refractivity contribution in [3.63, 3.8) is 0 Å². The third-order valence-electron chi connectivity index (χ3n) is 4.20. The molecule has 1 heterocycles. The fraction of sp³-hybridized carbons (Fsp3) is 0.200. The van der Waals surface area contributed by atoms with Crippen molar-refractivity contribution in [1.82, 2.24) is 15.1 Å². The second kappa shape index (κ2) is 8.52. The van der Waals surface area contributed by atoms with Crippen molar-refractivity contribution in [3.05, 3.63) is 77.1 Å². The molecule has 0 aliphatic heterocycles. The molecule has 0 saturated heterocycles. The zero-order valence-electron chi connectivity index (χ0n) is 15.6. The molecule has 0 aliphatic carbocycles. The van der Waals surface area contributed by atoms with Gasteiger partial charge in [-0.25, -0.2) is 4.68 Å². The number of ether oxygens (including phenoxy) is 1. The lowest BCUT2D eigenvalue weighted by molar-refractivity contribution is -0.143. The summed E-state index contributed by atoms with van der Waals surface area (Å²) in [5.74, 6) is -1.12. The van der Waals surface area contributed by atoms with E-state index in [1.54, 1.807) is 25.1 Å². The predicted molar refractivity (Wildman–Crippen MR) is 97.5 cm³/mol. The quantitative estimate of drug-likeness (QED) is 0.581. The van der Waals surface area contributed by atoms with Gasteiger partial charge in [-0.15, -0.1) is 0 Å². The van der Waals surface area contributed by atoms with Gasteiger partial charge < -0.3 is 10.1 Å². The highest BCUT2D eigenvalue weighted by molar-refractivity contribution is 5.95. The Hall–Kier alpha value is -3.43. The van der Waals surface area contributed by atoms with Gasteiger partial charge in [0.25, 0.3) is 5.91 Å². The molecule has 158 valence electrons. The Balaban J connectivity index is 1.86. The van der Waals surface area contributed by atoms with E-state index >= 15 is 0 Å². The predicted octanol–water partition coefficient (Wildman–Crippen LogP) is 4.73. The molecular formula is C20H16F5N3O2. The number of amides is 1. The summed E-state index contributed by atoms with van der Waals surface area (Å²) in [6.07, 6.45) is -3.99. The summed E-state index contributed by atoms with van der Waals surface area (Å²) in [6, 6.07) is 11.8. The second-order valence-electron chi connectivity index (χ2n) is 6.31. The van der Waals surface area contributed by atoms with Crippen LogP contribution in [-0.2, 0) is 12.7 Å². The molecule has 0 fully saturated rings. The Labute approximate surface area is 168 Å². The minimum Gasteiger partial charge on any atom is -0.435 e. The highest BCUT2D eigenvalue weighted by Gasteiger charge is 2.40. The highest BCUT2D eigenvalue weighted by Crippen LogP contribution is 2.34. The van der Waals surface area contributed by atoms with E-state index < -0.39 is 30.0 Å². The van der Waals surface area contributed by atoms with Crippen LogP contribution in [0.15, 0.2) is 54.7 Å². The van der Waals surface area contributed by atoms with Crippen LogP contribution in [0.2, 0.25) is 0 Å². The van der Waals surface area contributed by atoms with Crippen molar-refractivity contribution >= 4 is 5.91 Å². The normalized spacial score (nSPS) is 11.6. The number of rotatable bonds is 6. The van der Waals surface area contributed by atoms with Crippen LogP contribution in [0.1, 0.15) is 27.2 Å². The summed E-state index contributed by atoms with van der Waals surface area (Å²) in [6.45, 7) is -1.58. The van der Waals surface area contributed by atoms with Gasteiger partial charge in [0.1, 0.15) is 5.75 Å². The molecule has 3 aromatic rings. The average molecular weight is 425 g/mol. The van der Waals surface area contributed by atoms with E-state index in [2.05, 4.69) is 15.2 Å². The fourth-order valence-corrected chi connectivity index (χ4v) is 2.88. The van der Waals surface area contributed by atoms with Crippen LogP contribution in [0.5, 0.6) is 5.75 Å². The van der Waals surface area contributed by atoms with Crippen molar-refractivity contribution < 1.29 is 31.5 Å². The molecule has 0 radical (unpaired) electrons. The van der Waals surface area contributed by atoms with Crippen LogP contribution >= 0.6 is 0 Å². The number of aryl methyl sites for hydroxylation is 1. The summed E-state index contributed by atoms with van der Waals surface area (Å²) in [7, 11) is 0.